The fraction of sp³-hybridized carbons (Fsp3) is 0.688. The molecule has 0 amide bonds. The zero-order chi connectivity index (χ0) is 13.1. The smallest absolute Gasteiger partial charge is 0.146 e. The predicted octanol–water partition coefficient (Wildman–Crippen LogP) is 4.93. The maximum atomic E-state index is 11.9. The molecule has 0 heterocycles. The topological polar surface area (TPSA) is 17.1 Å². The Morgan fingerprint density at radius 2 is 1.82 bits per heavy atom. The second-order valence-corrected chi connectivity index (χ2v) is 4.89. The molecule has 1 unspecified atom stereocenters. The summed E-state index contributed by atoms with van der Waals surface area (Å²) in [5.74, 6) is 0.403. The van der Waals surface area contributed by atoms with Crippen molar-refractivity contribution in [2.24, 2.45) is 11.8 Å². The van der Waals surface area contributed by atoms with Gasteiger partial charge in [-0.05, 0) is 19.8 Å². The SMILES string of the molecule is C/C=C/C(/C=C/CCCCCC)C(=O)C(C)C. The van der Waals surface area contributed by atoms with Gasteiger partial charge < -0.3 is 0 Å². The van der Waals surface area contributed by atoms with Gasteiger partial charge in [-0.25, -0.2) is 0 Å². The van der Waals surface area contributed by atoms with Gasteiger partial charge in [-0.1, -0.05) is 64.3 Å². The van der Waals surface area contributed by atoms with E-state index >= 15 is 0 Å². The summed E-state index contributed by atoms with van der Waals surface area (Å²) in [6.45, 7) is 8.12. The number of hydrogen-bond donors (Lipinski definition) is 0. The van der Waals surface area contributed by atoms with Crippen molar-refractivity contribution >= 4 is 5.78 Å². The fourth-order valence-electron chi connectivity index (χ4n) is 1.78. The highest BCUT2D eigenvalue weighted by molar-refractivity contribution is 5.86. The van der Waals surface area contributed by atoms with Crippen LogP contribution >= 0.6 is 0 Å². The van der Waals surface area contributed by atoms with Gasteiger partial charge in [0.1, 0.15) is 5.78 Å². The van der Waals surface area contributed by atoms with Gasteiger partial charge in [-0.2, -0.15) is 0 Å². The Labute approximate surface area is 107 Å². The molecule has 0 aromatic rings. The number of hydrogen-bond acceptors (Lipinski definition) is 1. The number of allylic oxidation sites excluding steroid dienone is 4. The first-order chi connectivity index (χ1) is 8.13. The van der Waals surface area contributed by atoms with E-state index in [-0.39, 0.29) is 11.8 Å². The van der Waals surface area contributed by atoms with Gasteiger partial charge in [-0.15, -0.1) is 0 Å². The van der Waals surface area contributed by atoms with Crippen molar-refractivity contribution in [2.75, 3.05) is 0 Å². The lowest BCUT2D eigenvalue weighted by Crippen LogP contribution is -2.16. The minimum absolute atomic E-state index is 0.0221. The Kier molecular flexibility index (Phi) is 9.80. The van der Waals surface area contributed by atoms with Gasteiger partial charge in [0.05, 0.1) is 5.92 Å². The summed E-state index contributed by atoms with van der Waals surface area (Å²) in [6, 6.07) is 0. The van der Waals surface area contributed by atoms with Crippen LogP contribution in [0, 0.1) is 11.8 Å². The molecule has 0 aromatic carbocycles. The van der Waals surface area contributed by atoms with Crippen LogP contribution in [-0.2, 0) is 4.79 Å². The highest BCUT2D eigenvalue weighted by atomic mass is 16.1. The predicted molar refractivity (Wildman–Crippen MR) is 76.0 cm³/mol. The average Bonchev–Trinajstić information content (AvgIpc) is 2.31. The summed E-state index contributed by atoms with van der Waals surface area (Å²) < 4.78 is 0. The standard InChI is InChI=1S/C16H28O/c1-5-7-8-9-10-11-13-15(12-6-2)16(17)14(3)4/h6,11-15H,5,7-10H2,1-4H3/b12-6+,13-11+. The number of carbonyl (C=O) groups excluding carboxylic acids is 1. The summed E-state index contributed by atoms with van der Waals surface area (Å²) in [5.41, 5.74) is 0. The maximum absolute atomic E-state index is 11.9. The van der Waals surface area contributed by atoms with E-state index in [9.17, 15) is 4.79 Å². The molecule has 0 saturated heterocycles. The molecule has 0 aromatic heterocycles. The number of unbranched alkanes of at least 4 members (excludes halogenated alkanes) is 4. The molecule has 0 saturated carbocycles. The van der Waals surface area contributed by atoms with E-state index in [4.69, 9.17) is 0 Å². The van der Waals surface area contributed by atoms with Gasteiger partial charge in [0.15, 0.2) is 0 Å². The van der Waals surface area contributed by atoms with Gasteiger partial charge in [0, 0.05) is 5.92 Å². The van der Waals surface area contributed by atoms with E-state index in [1.165, 1.54) is 25.7 Å². The number of carbonyl (C=O) groups is 1. The van der Waals surface area contributed by atoms with E-state index in [1.54, 1.807) is 0 Å². The normalized spacial score (nSPS) is 13.9. The molecule has 0 aliphatic heterocycles. The van der Waals surface area contributed by atoms with Gasteiger partial charge in [0.2, 0.25) is 0 Å². The Hall–Kier alpha value is -0.850. The number of Topliss-reactive ketones (excluding diaryl/α,β-unsaturated/α-hetero) is 1. The first kappa shape index (κ1) is 16.1. The van der Waals surface area contributed by atoms with Crippen LogP contribution in [0.2, 0.25) is 0 Å². The Bertz CT molecular complexity index is 248. The van der Waals surface area contributed by atoms with Crippen LogP contribution in [0.25, 0.3) is 0 Å². The quantitative estimate of drug-likeness (QED) is 0.410. The molecule has 0 N–H and O–H groups in total. The third kappa shape index (κ3) is 7.95. The van der Waals surface area contributed by atoms with Crippen molar-refractivity contribution in [3.63, 3.8) is 0 Å². The average molecular weight is 236 g/mol. The molecule has 1 nitrogen and oxygen atoms in total. The van der Waals surface area contributed by atoms with Crippen molar-refractivity contribution < 1.29 is 4.79 Å². The molecular weight excluding hydrogens is 208 g/mol. The van der Waals surface area contributed by atoms with Crippen molar-refractivity contribution in [2.45, 2.75) is 59.8 Å². The Morgan fingerprint density at radius 1 is 1.12 bits per heavy atom. The first-order valence-corrected chi connectivity index (χ1v) is 6.96. The zero-order valence-electron chi connectivity index (χ0n) is 11.9. The molecular formula is C16H28O. The van der Waals surface area contributed by atoms with E-state index < -0.39 is 0 Å². The van der Waals surface area contributed by atoms with Crippen LogP contribution in [0.15, 0.2) is 24.3 Å². The fourth-order valence-corrected chi connectivity index (χ4v) is 1.78. The highest BCUT2D eigenvalue weighted by Gasteiger charge is 2.14. The van der Waals surface area contributed by atoms with E-state index in [0.717, 1.165) is 6.42 Å². The number of ketones is 1. The Balaban J connectivity index is 4.08. The minimum Gasteiger partial charge on any atom is -0.298 e. The molecule has 0 fully saturated rings. The number of rotatable bonds is 9. The third-order valence-electron chi connectivity index (χ3n) is 2.87. The summed E-state index contributed by atoms with van der Waals surface area (Å²) in [4.78, 5) is 11.9. The lowest BCUT2D eigenvalue weighted by atomic mass is 9.94. The summed E-state index contributed by atoms with van der Waals surface area (Å²) in [7, 11) is 0. The summed E-state index contributed by atoms with van der Waals surface area (Å²) in [5, 5.41) is 0. The molecule has 0 bridgehead atoms. The van der Waals surface area contributed by atoms with Gasteiger partial charge in [-0.3, -0.25) is 4.79 Å². The van der Waals surface area contributed by atoms with Crippen molar-refractivity contribution in [3.8, 4) is 0 Å². The molecule has 0 rings (SSSR count). The van der Waals surface area contributed by atoms with Crippen LogP contribution in [0.3, 0.4) is 0 Å². The summed E-state index contributed by atoms with van der Waals surface area (Å²) >= 11 is 0. The largest absolute Gasteiger partial charge is 0.298 e. The van der Waals surface area contributed by atoms with Crippen molar-refractivity contribution in [1.29, 1.82) is 0 Å². The zero-order valence-corrected chi connectivity index (χ0v) is 11.9. The van der Waals surface area contributed by atoms with E-state index in [2.05, 4.69) is 19.1 Å². The molecule has 17 heavy (non-hydrogen) atoms. The van der Waals surface area contributed by atoms with Gasteiger partial charge >= 0.3 is 0 Å². The monoisotopic (exact) mass is 236 g/mol. The molecule has 0 radical (unpaired) electrons. The minimum atomic E-state index is -0.0221. The van der Waals surface area contributed by atoms with Crippen molar-refractivity contribution in [3.05, 3.63) is 24.3 Å². The molecule has 0 aliphatic carbocycles. The van der Waals surface area contributed by atoms with Crippen LogP contribution in [0.1, 0.15) is 59.8 Å². The van der Waals surface area contributed by atoms with E-state index in [1.807, 2.05) is 32.9 Å². The lowest BCUT2D eigenvalue weighted by Gasteiger charge is -2.09. The molecule has 0 spiro atoms. The second kappa shape index (κ2) is 10.3. The third-order valence-corrected chi connectivity index (χ3v) is 2.87. The summed E-state index contributed by atoms with van der Waals surface area (Å²) in [6.07, 6.45) is 14.4. The van der Waals surface area contributed by atoms with Gasteiger partial charge in [0.25, 0.3) is 0 Å². The molecule has 1 atom stereocenters. The van der Waals surface area contributed by atoms with E-state index in [0.29, 0.717) is 5.78 Å². The Morgan fingerprint density at radius 3 is 2.35 bits per heavy atom. The van der Waals surface area contributed by atoms with Crippen LogP contribution in [-0.4, -0.2) is 5.78 Å². The van der Waals surface area contributed by atoms with Crippen LogP contribution in [0.5, 0.6) is 0 Å². The van der Waals surface area contributed by atoms with Crippen LogP contribution in [0.4, 0.5) is 0 Å². The lowest BCUT2D eigenvalue weighted by molar-refractivity contribution is -0.123. The molecule has 98 valence electrons. The highest BCUT2D eigenvalue weighted by Crippen LogP contribution is 2.12. The molecule has 0 aliphatic rings. The van der Waals surface area contributed by atoms with Crippen molar-refractivity contribution in [1.82, 2.24) is 0 Å². The maximum Gasteiger partial charge on any atom is 0.146 e. The first-order valence-electron chi connectivity index (χ1n) is 6.96. The van der Waals surface area contributed by atoms with Crippen LogP contribution < -0.4 is 0 Å². The molecule has 1 heteroatoms. The second-order valence-electron chi connectivity index (χ2n) is 4.89.